The highest BCUT2D eigenvalue weighted by Crippen LogP contribution is 2.31. The van der Waals surface area contributed by atoms with E-state index in [2.05, 4.69) is 72.8 Å². The lowest BCUT2D eigenvalue weighted by atomic mass is 9.95. The minimum atomic E-state index is 0.733. The van der Waals surface area contributed by atoms with Gasteiger partial charge in [-0.15, -0.1) is 0 Å². The van der Waals surface area contributed by atoms with Gasteiger partial charge < -0.3 is 0 Å². The van der Waals surface area contributed by atoms with Crippen molar-refractivity contribution in [1.82, 2.24) is 0 Å². The van der Waals surface area contributed by atoms with E-state index in [1.54, 1.807) is 0 Å². The highest BCUT2D eigenvalue weighted by Gasteiger charge is 2.18. The minimum Gasteiger partial charge on any atom is -0.0625 e. The average molecular weight is 256 g/mol. The van der Waals surface area contributed by atoms with Crippen molar-refractivity contribution in [2.45, 2.75) is 0 Å². The van der Waals surface area contributed by atoms with Crippen LogP contribution in [-0.2, 0) is 0 Å². The molecule has 0 saturated carbocycles. The molecule has 19 heavy (non-hydrogen) atoms. The number of benzene rings is 3. The van der Waals surface area contributed by atoms with Gasteiger partial charge in [-0.2, -0.15) is 0 Å². The van der Waals surface area contributed by atoms with E-state index in [1.807, 2.05) is 0 Å². The molecule has 1 heterocycles. The van der Waals surface area contributed by atoms with E-state index >= 15 is 0 Å². The van der Waals surface area contributed by atoms with Crippen LogP contribution in [0.15, 0.2) is 72.8 Å². The summed E-state index contributed by atoms with van der Waals surface area (Å²) in [5.41, 5.74) is 5.48. The molecule has 0 amide bonds. The van der Waals surface area contributed by atoms with Crippen molar-refractivity contribution in [2.24, 2.45) is 0 Å². The summed E-state index contributed by atoms with van der Waals surface area (Å²) in [6, 6.07) is 26.3. The predicted molar refractivity (Wildman–Crippen MR) is 82.3 cm³/mol. The van der Waals surface area contributed by atoms with Gasteiger partial charge in [0.15, 0.2) is 0 Å². The Bertz CT molecular complexity index is 694. The predicted octanol–water partition coefficient (Wildman–Crippen LogP) is 2.99. The SMILES string of the molecule is c1ccc2c(c1)[Si]c1ccccc1-c1ccccc1-2. The molecule has 0 aromatic heterocycles. The monoisotopic (exact) mass is 256 g/mol. The van der Waals surface area contributed by atoms with Gasteiger partial charge in [-0.3, -0.25) is 0 Å². The van der Waals surface area contributed by atoms with Crippen molar-refractivity contribution in [2.75, 3.05) is 0 Å². The highest BCUT2D eigenvalue weighted by molar-refractivity contribution is 6.70. The first-order chi connectivity index (χ1) is 9.43. The zero-order valence-electron chi connectivity index (χ0n) is 10.4. The average Bonchev–Trinajstić information content (AvgIpc) is 2.62. The molecule has 0 nitrogen and oxygen atoms in total. The van der Waals surface area contributed by atoms with Gasteiger partial charge >= 0.3 is 0 Å². The van der Waals surface area contributed by atoms with E-state index in [0.29, 0.717) is 0 Å². The van der Waals surface area contributed by atoms with E-state index in [1.165, 1.54) is 32.6 Å². The van der Waals surface area contributed by atoms with E-state index in [0.717, 1.165) is 9.52 Å². The molecule has 0 atom stereocenters. The van der Waals surface area contributed by atoms with Crippen LogP contribution in [-0.4, -0.2) is 9.52 Å². The van der Waals surface area contributed by atoms with Crippen LogP contribution in [0.5, 0.6) is 0 Å². The van der Waals surface area contributed by atoms with Crippen molar-refractivity contribution in [1.29, 1.82) is 0 Å². The van der Waals surface area contributed by atoms with E-state index in [-0.39, 0.29) is 0 Å². The fraction of sp³-hybridized carbons (Fsp3) is 0. The zero-order chi connectivity index (χ0) is 12.7. The van der Waals surface area contributed by atoms with Crippen LogP contribution in [0.1, 0.15) is 0 Å². The Labute approximate surface area is 115 Å². The van der Waals surface area contributed by atoms with Crippen molar-refractivity contribution < 1.29 is 0 Å². The van der Waals surface area contributed by atoms with Gasteiger partial charge in [0.1, 0.15) is 9.52 Å². The van der Waals surface area contributed by atoms with Gasteiger partial charge in [0.2, 0.25) is 0 Å². The molecule has 0 N–H and O–H groups in total. The van der Waals surface area contributed by atoms with Gasteiger partial charge in [-0.25, -0.2) is 0 Å². The van der Waals surface area contributed by atoms with Crippen LogP contribution >= 0.6 is 0 Å². The largest absolute Gasteiger partial charge is 0.123 e. The molecular formula is C18H12Si. The summed E-state index contributed by atoms with van der Waals surface area (Å²) in [7, 11) is 0.733. The molecule has 2 radical (unpaired) electrons. The van der Waals surface area contributed by atoms with Crippen molar-refractivity contribution >= 4 is 19.9 Å². The van der Waals surface area contributed by atoms with E-state index in [4.69, 9.17) is 0 Å². The Hall–Kier alpha value is -2.12. The third-order valence-electron chi connectivity index (χ3n) is 3.63. The normalized spacial score (nSPS) is 12.0. The number of fused-ring (bicyclic) bond motifs is 5. The molecule has 1 aliphatic heterocycles. The van der Waals surface area contributed by atoms with Crippen molar-refractivity contribution in [3.05, 3.63) is 72.8 Å². The Morgan fingerprint density at radius 3 is 1.26 bits per heavy atom. The molecule has 0 saturated heterocycles. The Morgan fingerprint density at radius 1 is 0.421 bits per heavy atom. The molecule has 0 aliphatic carbocycles. The van der Waals surface area contributed by atoms with Gasteiger partial charge in [-0.05, 0) is 22.3 Å². The summed E-state index contributed by atoms with van der Waals surface area (Å²) in [4.78, 5) is 0. The second-order valence-corrected chi connectivity index (χ2v) is 6.09. The quantitative estimate of drug-likeness (QED) is 0.424. The lowest BCUT2D eigenvalue weighted by molar-refractivity contribution is 1.62. The molecule has 0 unspecified atom stereocenters. The summed E-state index contributed by atoms with van der Waals surface area (Å²) >= 11 is 0. The number of rotatable bonds is 0. The maximum atomic E-state index is 2.26. The molecule has 0 fully saturated rings. The summed E-state index contributed by atoms with van der Waals surface area (Å²) in [6.45, 7) is 0. The first-order valence-corrected chi connectivity index (χ1v) is 7.48. The first kappa shape index (κ1) is 10.8. The fourth-order valence-electron chi connectivity index (χ4n) is 2.75. The minimum absolute atomic E-state index is 0.733. The second-order valence-electron chi connectivity index (χ2n) is 4.76. The third kappa shape index (κ3) is 1.66. The Balaban J connectivity index is 2.13. The molecule has 4 rings (SSSR count). The fourth-order valence-corrected chi connectivity index (χ4v) is 4.11. The van der Waals surface area contributed by atoms with Crippen LogP contribution in [0.2, 0.25) is 0 Å². The molecule has 0 spiro atoms. The zero-order valence-corrected chi connectivity index (χ0v) is 11.4. The molecule has 3 aromatic carbocycles. The van der Waals surface area contributed by atoms with Crippen LogP contribution in [0.3, 0.4) is 0 Å². The maximum Gasteiger partial charge on any atom is 0.123 e. The van der Waals surface area contributed by atoms with Gasteiger partial charge in [-0.1, -0.05) is 83.2 Å². The summed E-state index contributed by atoms with van der Waals surface area (Å²) < 4.78 is 0. The third-order valence-corrected chi connectivity index (χ3v) is 5.04. The van der Waals surface area contributed by atoms with Crippen LogP contribution in [0.4, 0.5) is 0 Å². The van der Waals surface area contributed by atoms with Crippen molar-refractivity contribution in [3.8, 4) is 22.3 Å². The van der Waals surface area contributed by atoms with Gasteiger partial charge in [0.05, 0.1) is 0 Å². The highest BCUT2D eigenvalue weighted by atomic mass is 28.2. The maximum absolute atomic E-state index is 2.26. The van der Waals surface area contributed by atoms with Crippen LogP contribution in [0, 0.1) is 0 Å². The van der Waals surface area contributed by atoms with Gasteiger partial charge in [0.25, 0.3) is 0 Å². The van der Waals surface area contributed by atoms with Gasteiger partial charge in [0, 0.05) is 0 Å². The lowest BCUT2D eigenvalue weighted by Gasteiger charge is -2.09. The topological polar surface area (TPSA) is 0 Å². The molecule has 0 bridgehead atoms. The number of hydrogen-bond donors (Lipinski definition) is 0. The molecule has 88 valence electrons. The van der Waals surface area contributed by atoms with E-state index in [9.17, 15) is 0 Å². The second kappa shape index (κ2) is 4.21. The van der Waals surface area contributed by atoms with Crippen molar-refractivity contribution in [3.63, 3.8) is 0 Å². The summed E-state index contributed by atoms with van der Waals surface area (Å²) in [6.07, 6.45) is 0. The molecule has 1 heteroatoms. The standard InChI is InChI=1S/C18H12Si/c1-2-8-14-13(7-1)15-9-3-5-11-17(15)19-18-12-6-4-10-16(14)18/h1-12H. The van der Waals surface area contributed by atoms with Crippen LogP contribution < -0.4 is 10.4 Å². The molecular weight excluding hydrogens is 244 g/mol. The summed E-state index contributed by atoms with van der Waals surface area (Å²) in [5.74, 6) is 0. The Kier molecular flexibility index (Phi) is 2.39. The molecule has 3 aromatic rings. The number of hydrogen-bond acceptors (Lipinski definition) is 0. The summed E-state index contributed by atoms with van der Waals surface area (Å²) in [5, 5.41) is 2.89. The lowest BCUT2D eigenvalue weighted by Crippen LogP contribution is -2.28. The first-order valence-electron chi connectivity index (χ1n) is 6.48. The van der Waals surface area contributed by atoms with E-state index < -0.39 is 0 Å². The van der Waals surface area contributed by atoms with Crippen LogP contribution in [0.25, 0.3) is 22.3 Å². The molecule has 1 aliphatic rings. The smallest absolute Gasteiger partial charge is 0.0625 e. The Morgan fingerprint density at radius 2 is 0.789 bits per heavy atom.